The highest BCUT2D eigenvalue weighted by molar-refractivity contribution is 3.71. The van der Waals surface area contributed by atoms with E-state index in [0.29, 0.717) is 0 Å². The Kier molecular flexibility index (Phi) is 2.73. The smallest absolute Gasteiger partial charge is 0.127 e. The van der Waals surface area contributed by atoms with Gasteiger partial charge in [-0.3, -0.25) is 5.84 Å². The topological polar surface area (TPSA) is 70.3 Å². The van der Waals surface area contributed by atoms with Crippen LogP contribution in [-0.2, 0) is 0 Å². The molecule has 0 bridgehead atoms. The van der Waals surface area contributed by atoms with Crippen molar-refractivity contribution in [1.29, 1.82) is 0 Å². The van der Waals surface area contributed by atoms with Crippen molar-refractivity contribution in [2.45, 2.75) is 0 Å². The zero-order valence-electron chi connectivity index (χ0n) is 2.02. The summed E-state index contributed by atoms with van der Waals surface area (Å²) in [4.78, 5) is 0. The van der Waals surface area contributed by atoms with Gasteiger partial charge in [0.2, 0.25) is 0 Å². The maximum Gasteiger partial charge on any atom is -0.127 e. The second-order valence-electron chi connectivity index (χ2n) is 0.256. The van der Waals surface area contributed by atoms with E-state index < -0.39 is 0 Å². The Bertz CT molecular complexity index is 5.25. The number of hydrazine groups is 2. The van der Waals surface area contributed by atoms with E-state index in [1.54, 1.807) is 5.53 Å². The standard InChI is InChI=1S/H5N3O/c1-2-3-4/h2-4H,1H2. The fourth-order valence-corrected chi connectivity index (χ4v) is 0. The lowest BCUT2D eigenvalue weighted by atomic mass is 12.5. The minimum absolute atomic E-state index is 1.46. The average Bonchev–Trinajstić information content (AvgIpc) is 1.37. The highest BCUT2D eigenvalue weighted by Crippen LogP contribution is 0.957. The molecule has 0 heterocycles. The molecule has 0 amide bonds. The van der Waals surface area contributed by atoms with Crippen LogP contribution in [0.2, 0.25) is 0 Å². The molecule has 0 aromatic carbocycles. The first-order chi connectivity index (χ1) is 1.91. The van der Waals surface area contributed by atoms with Gasteiger partial charge >= 0.3 is 0 Å². The zero-order valence-corrected chi connectivity index (χ0v) is 2.02. The summed E-state index contributed by atoms with van der Waals surface area (Å²) in [6.45, 7) is 0. The van der Waals surface area contributed by atoms with E-state index in [2.05, 4.69) is 5.84 Å². The van der Waals surface area contributed by atoms with Crippen molar-refractivity contribution in [3.8, 4) is 0 Å². The Labute approximate surface area is 23.5 Å². The molecule has 0 aliphatic carbocycles. The van der Waals surface area contributed by atoms with Crippen LogP contribution in [0.15, 0.2) is 0 Å². The maximum absolute atomic E-state index is 7.39. The monoisotopic (exact) mass is 63.0 g/mol. The summed E-state index contributed by atoms with van der Waals surface area (Å²) in [7, 11) is 0. The van der Waals surface area contributed by atoms with Gasteiger partial charge in [0.1, 0.15) is 0 Å². The normalized spacial score (nSPS) is 7.50. The summed E-state index contributed by atoms with van der Waals surface area (Å²) >= 11 is 0. The van der Waals surface area contributed by atoms with Gasteiger partial charge in [-0.25, -0.2) is 0 Å². The highest BCUT2D eigenvalue weighted by atomic mass is 16.5. The summed E-state index contributed by atoms with van der Waals surface area (Å²) in [5.74, 6) is 4.42. The average molecular weight is 63.1 g/mol. The molecule has 0 radical (unpaired) electrons. The van der Waals surface area contributed by atoms with Crippen molar-refractivity contribution >= 4 is 0 Å². The van der Waals surface area contributed by atoms with Crippen molar-refractivity contribution in [1.82, 2.24) is 11.1 Å². The molecule has 0 saturated carbocycles. The van der Waals surface area contributed by atoms with Crippen LogP contribution in [0.25, 0.3) is 0 Å². The lowest BCUT2D eigenvalue weighted by Crippen LogP contribution is -2.34. The molecule has 0 aromatic heterocycles. The van der Waals surface area contributed by atoms with Crippen LogP contribution >= 0.6 is 0 Å². The highest BCUT2D eigenvalue weighted by Gasteiger charge is 1.44. The van der Waals surface area contributed by atoms with Crippen LogP contribution in [-0.4, -0.2) is 5.21 Å². The van der Waals surface area contributed by atoms with Gasteiger partial charge in [-0.2, -0.15) is 5.53 Å². The summed E-state index contributed by atoms with van der Waals surface area (Å²) in [6, 6.07) is 0. The van der Waals surface area contributed by atoms with Crippen LogP contribution in [0.4, 0.5) is 0 Å². The van der Waals surface area contributed by atoms with Gasteiger partial charge in [0, 0.05) is 0 Å². The van der Waals surface area contributed by atoms with Crippen molar-refractivity contribution in [3.63, 3.8) is 0 Å². The summed E-state index contributed by atoms with van der Waals surface area (Å²) < 4.78 is 0. The van der Waals surface area contributed by atoms with Gasteiger partial charge in [-0.15, -0.1) is 5.59 Å². The van der Waals surface area contributed by atoms with Gasteiger partial charge in [-0.05, 0) is 0 Å². The van der Waals surface area contributed by atoms with E-state index >= 15 is 0 Å². The quantitative estimate of drug-likeness (QED) is 0.217. The van der Waals surface area contributed by atoms with Crippen LogP contribution in [0, 0.1) is 0 Å². The predicted octanol–water partition coefficient (Wildman–Crippen LogP) is -1.66. The minimum atomic E-state index is 1.46. The van der Waals surface area contributed by atoms with E-state index in [4.69, 9.17) is 5.21 Å². The fraction of sp³-hybridized carbons (Fsp3) is 0. The van der Waals surface area contributed by atoms with Crippen LogP contribution in [0.3, 0.4) is 0 Å². The second kappa shape index (κ2) is 2.84. The second-order valence-corrected chi connectivity index (χ2v) is 0.256. The Morgan fingerprint density at radius 2 is 2.00 bits per heavy atom. The molecule has 0 atom stereocenters. The SMILES string of the molecule is NNNO. The summed E-state index contributed by atoms with van der Waals surface area (Å²) in [5, 5.41) is 7.39. The molecule has 0 saturated heterocycles. The van der Waals surface area contributed by atoms with Crippen molar-refractivity contribution < 1.29 is 5.21 Å². The Morgan fingerprint density at radius 3 is 2.00 bits per heavy atom. The third-order valence-corrected chi connectivity index (χ3v) is 0.0645. The lowest BCUT2D eigenvalue weighted by molar-refractivity contribution is 0.121. The number of nitrogens with one attached hydrogen (secondary N) is 2. The molecule has 0 aromatic rings. The zero-order chi connectivity index (χ0) is 3.41. The molecule has 0 rings (SSSR count). The van der Waals surface area contributed by atoms with Crippen LogP contribution in [0.1, 0.15) is 0 Å². The van der Waals surface area contributed by atoms with Gasteiger partial charge in [-0.1, -0.05) is 0 Å². The summed E-state index contributed by atoms with van der Waals surface area (Å²) in [6.07, 6.45) is 0. The van der Waals surface area contributed by atoms with E-state index in [0.717, 1.165) is 0 Å². The van der Waals surface area contributed by atoms with E-state index in [9.17, 15) is 0 Å². The first-order valence-corrected chi connectivity index (χ1v) is 0.762. The molecule has 0 unspecified atom stereocenters. The maximum atomic E-state index is 7.39. The fourth-order valence-electron chi connectivity index (χ4n) is 0. The molecule has 5 N–H and O–H groups in total. The molecule has 4 heavy (non-hydrogen) atoms. The largest absolute Gasteiger partial charge is 0.301 e. The van der Waals surface area contributed by atoms with E-state index in [1.807, 2.05) is 0 Å². The summed E-state index contributed by atoms with van der Waals surface area (Å²) in [5.41, 5.74) is 3.19. The Morgan fingerprint density at radius 1 is 1.75 bits per heavy atom. The van der Waals surface area contributed by atoms with Gasteiger partial charge in [0.15, 0.2) is 0 Å². The van der Waals surface area contributed by atoms with Crippen LogP contribution in [0.5, 0.6) is 0 Å². The number of hydrogen-bond acceptors (Lipinski definition) is 4. The molecule has 0 spiro atoms. The molecule has 0 aliphatic rings. The minimum Gasteiger partial charge on any atom is -0.301 e. The molecular weight excluding hydrogens is 58.0 g/mol. The third kappa shape index (κ3) is 1.84. The molecule has 0 fully saturated rings. The van der Waals surface area contributed by atoms with Gasteiger partial charge in [0.05, 0.1) is 0 Å². The predicted molar refractivity (Wildman–Crippen MR) is 12.2 cm³/mol. The lowest BCUT2D eigenvalue weighted by Gasteiger charge is -1.80. The number of hydrogen-bond donors (Lipinski definition) is 4. The van der Waals surface area contributed by atoms with E-state index in [-0.39, 0.29) is 0 Å². The molecule has 4 nitrogen and oxygen atoms in total. The molecule has 0 aliphatic heterocycles. The van der Waals surface area contributed by atoms with Crippen molar-refractivity contribution in [2.24, 2.45) is 5.84 Å². The van der Waals surface area contributed by atoms with Crippen molar-refractivity contribution in [2.75, 3.05) is 0 Å². The molecule has 4 heteroatoms. The van der Waals surface area contributed by atoms with Gasteiger partial charge in [0.25, 0.3) is 0 Å². The number of rotatable bonds is 1. The van der Waals surface area contributed by atoms with Crippen molar-refractivity contribution in [3.05, 3.63) is 0 Å². The number of nitrogens with two attached hydrogens (primary N) is 1. The van der Waals surface area contributed by atoms with Gasteiger partial charge < -0.3 is 5.21 Å². The third-order valence-electron chi connectivity index (χ3n) is 0.0645. The Balaban J connectivity index is 1.97. The molecule has 26 valence electrons. The molecular formula is H5N3O. The first-order valence-electron chi connectivity index (χ1n) is 0.762. The first kappa shape index (κ1) is 3.84. The Hall–Kier alpha value is -0.160. The van der Waals surface area contributed by atoms with Crippen LogP contribution < -0.4 is 17.0 Å². The van der Waals surface area contributed by atoms with E-state index in [1.165, 1.54) is 5.59 Å².